The summed E-state index contributed by atoms with van der Waals surface area (Å²) >= 11 is 7.75. The number of ether oxygens (including phenoxy) is 1. The molecule has 0 radical (unpaired) electrons. The lowest BCUT2D eigenvalue weighted by molar-refractivity contribution is -0.127. The quantitative estimate of drug-likeness (QED) is 0.308. The Morgan fingerprint density at radius 1 is 1.21 bits per heavy atom. The first-order valence-corrected chi connectivity index (χ1v) is 15.0. The number of halogens is 3. The molecule has 2 aromatic carbocycles. The van der Waals surface area contributed by atoms with E-state index in [1.54, 1.807) is 6.07 Å². The Balaban J connectivity index is 1.35. The number of benzene rings is 2. The van der Waals surface area contributed by atoms with E-state index in [1.165, 1.54) is 18.2 Å². The van der Waals surface area contributed by atoms with E-state index in [0.29, 0.717) is 36.5 Å². The zero-order valence-corrected chi connectivity index (χ0v) is 24.4. The van der Waals surface area contributed by atoms with Crippen molar-refractivity contribution in [2.24, 2.45) is 0 Å². The molecule has 42 heavy (non-hydrogen) atoms. The fourth-order valence-electron chi connectivity index (χ4n) is 6.50. The first-order chi connectivity index (χ1) is 20.2. The number of anilines is 2. The molecule has 3 aliphatic heterocycles. The summed E-state index contributed by atoms with van der Waals surface area (Å²) in [6.07, 6.45) is 4.14. The summed E-state index contributed by atoms with van der Waals surface area (Å²) in [6.45, 7) is 6.11. The molecule has 9 nitrogen and oxygen atoms in total. The maximum absolute atomic E-state index is 16.6. The van der Waals surface area contributed by atoms with Crippen LogP contribution in [0.4, 0.5) is 19.7 Å². The zero-order chi connectivity index (χ0) is 29.3. The predicted molar refractivity (Wildman–Crippen MR) is 160 cm³/mol. The number of likely N-dealkylation sites (tertiary alicyclic amines) is 2. The van der Waals surface area contributed by atoms with Gasteiger partial charge in [0.05, 0.1) is 27.3 Å². The van der Waals surface area contributed by atoms with E-state index >= 15 is 4.39 Å². The number of amides is 1. The molecule has 0 aliphatic carbocycles. The van der Waals surface area contributed by atoms with Gasteiger partial charge < -0.3 is 25.2 Å². The van der Waals surface area contributed by atoms with Crippen molar-refractivity contribution in [3.05, 3.63) is 47.5 Å². The Morgan fingerprint density at radius 3 is 2.81 bits per heavy atom. The first kappa shape index (κ1) is 27.2. The first-order valence-electron chi connectivity index (χ1n) is 13.8. The fourth-order valence-corrected chi connectivity index (χ4v) is 7.56. The summed E-state index contributed by atoms with van der Waals surface area (Å²) in [5.41, 5.74) is 6.52. The van der Waals surface area contributed by atoms with Crippen LogP contribution in [0.25, 0.3) is 32.2 Å². The van der Waals surface area contributed by atoms with Crippen LogP contribution in [0.15, 0.2) is 30.9 Å². The highest BCUT2D eigenvalue weighted by Gasteiger charge is 2.49. The molecule has 3 aliphatic rings. The Morgan fingerprint density at radius 2 is 2.05 bits per heavy atom. The number of thiazole rings is 1. The molecular formula is C29H28ClF2N7O2S. The molecule has 13 heteroatoms. The highest BCUT2D eigenvalue weighted by Crippen LogP contribution is 2.45. The van der Waals surface area contributed by atoms with Crippen molar-refractivity contribution in [1.29, 1.82) is 0 Å². The monoisotopic (exact) mass is 611 g/mol. The van der Waals surface area contributed by atoms with Crippen molar-refractivity contribution in [2.75, 3.05) is 43.9 Å². The minimum absolute atomic E-state index is 0.0111. The fraction of sp³-hybridized carbons (Fsp3) is 0.379. The van der Waals surface area contributed by atoms with Gasteiger partial charge in [-0.2, -0.15) is 9.97 Å². The van der Waals surface area contributed by atoms with Gasteiger partial charge >= 0.3 is 6.01 Å². The standard InChI is InChI=1S/C29H28ClF2N7O2S/c1-3-21(40)38-10-8-19-20(38)12-39(19)27-16-11-17(30)22(15-6-7-18(31)26-25(15)34-28(33)42-26)23(32)24(16)35-29(36-27)41-13-14-5-4-9-37(14)2/h3,6-7,11,14,19-20H,1,4-5,8-10,12-13H2,2H3,(H2,33,34)/t14-,19+,20+/m0/s1. The van der Waals surface area contributed by atoms with Crippen molar-refractivity contribution in [3.63, 3.8) is 0 Å². The molecule has 7 rings (SSSR count). The van der Waals surface area contributed by atoms with Crippen LogP contribution in [-0.2, 0) is 4.79 Å². The van der Waals surface area contributed by atoms with E-state index in [2.05, 4.69) is 26.3 Å². The normalized spacial score (nSPS) is 22.1. The molecule has 0 bridgehead atoms. The molecule has 1 amide bonds. The van der Waals surface area contributed by atoms with Crippen LogP contribution in [-0.4, -0.2) is 82.1 Å². The summed E-state index contributed by atoms with van der Waals surface area (Å²) in [4.78, 5) is 32.0. The number of aromatic nitrogens is 3. The van der Waals surface area contributed by atoms with Crippen molar-refractivity contribution in [3.8, 4) is 17.1 Å². The van der Waals surface area contributed by atoms with Crippen molar-refractivity contribution < 1.29 is 18.3 Å². The summed E-state index contributed by atoms with van der Waals surface area (Å²) in [5.74, 6) is -0.786. The Kier molecular flexibility index (Phi) is 6.67. The average Bonchev–Trinajstić information content (AvgIpc) is 3.65. The van der Waals surface area contributed by atoms with Crippen LogP contribution in [0.2, 0.25) is 5.02 Å². The zero-order valence-electron chi connectivity index (χ0n) is 22.8. The van der Waals surface area contributed by atoms with Crippen LogP contribution in [0.3, 0.4) is 0 Å². The number of fused-ring (bicyclic) bond motifs is 3. The Labute approximate surface area is 249 Å². The van der Waals surface area contributed by atoms with Gasteiger partial charge in [-0.1, -0.05) is 29.5 Å². The third kappa shape index (κ3) is 4.26. The summed E-state index contributed by atoms with van der Waals surface area (Å²) in [6, 6.07) is 4.64. The number of carbonyl (C=O) groups is 1. The molecule has 3 saturated heterocycles. The second kappa shape index (κ2) is 10.3. The van der Waals surface area contributed by atoms with E-state index in [4.69, 9.17) is 27.1 Å². The van der Waals surface area contributed by atoms with Gasteiger partial charge in [0.15, 0.2) is 10.9 Å². The van der Waals surface area contributed by atoms with Gasteiger partial charge in [-0.05, 0) is 57.1 Å². The molecule has 5 heterocycles. The molecule has 4 aromatic rings. The van der Waals surface area contributed by atoms with Gasteiger partial charge in [0.2, 0.25) is 5.91 Å². The van der Waals surface area contributed by atoms with Crippen LogP contribution in [0.1, 0.15) is 19.3 Å². The molecule has 3 atom stereocenters. The topological polar surface area (TPSA) is 101 Å². The highest BCUT2D eigenvalue weighted by atomic mass is 35.5. The number of hydrogen-bond donors (Lipinski definition) is 1. The lowest BCUT2D eigenvalue weighted by Gasteiger charge is -2.47. The van der Waals surface area contributed by atoms with Gasteiger partial charge in [-0.3, -0.25) is 4.79 Å². The molecule has 2 aromatic heterocycles. The molecule has 2 N–H and O–H groups in total. The van der Waals surface area contributed by atoms with Gasteiger partial charge in [-0.15, -0.1) is 0 Å². The molecule has 0 unspecified atom stereocenters. The summed E-state index contributed by atoms with van der Waals surface area (Å²) < 4.78 is 37.5. The van der Waals surface area contributed by atoms with Crippen LogP contribution < -0.4 is 15.4 Å². The summed E-state index contributed by atoms with van der Waals surface area (Å²) in [7, 11) is 2.05. The van der Waals surface area contributed by atoms with Gasteiger partial charge in [0.25, 0.3) is 0 Å². The van der Waals surface area contributed by atoms with Crippen LogP contribution in [0.5, 0.6) is 6.01 Å². The van der Waals surface area contributed by atoms with E-state index in [0.717, 1.165) is 37.1 Å². The minimum atomic E-state index is -0.685. The smallest absolute Gasteiger partial charge is 0.319 e. The molecule has 3 fully saturated rings. The number of nitrogens with zero attached hydrogens (tertiary/aromatic N) is 6. The average molecular weight is 612 g/mol. The highest BCUT2D eigenvalue weighted by molar-refractivity contribution is 7.22. The summed E-state index contributed by atoms with van der Waals surface area (Å²) in [5, 5.41) is 0.700. The second-order valence-corrected chi connectivity index (χ2v) is 12.4. The maximum atomic E-state index is 16.6. The molecular weight excluding hydrogens is 584 g/mol. The van der Waals surface area contributed by atoms with Crippen molar-refractivity contribution in [2.45, 2.75) is 37.4 Å². The van der Waals surface area contributed by atoms with Gasteiger partial charge in [0, 0.05) is 35.6 Å². The SMILES string of the molecule is C=CC(=O)N1CC[C@@H]2[C@H]1CN2c1nc(OC[C@@H]2CCCN2C)nc2c(F)c(-c3ccc(F)c4sc(N)nc34)c(Cl)cc12. The second-order valence-electron chi connectivity index (χ2n) is 11.0. The maximum Gasteiger partial charge on any atom is 0.319 e. The lowest BCUT2D eigenvalue weighted by atomic mass is 9.95. The number of rotatable bonds is 6. The largest absolute Gasteiger partial charge is 0.462 e. The Hall–Kier alpha value is -3.61. The van der Waals surface area contributed by atoms with Crippen LogP contribution >= 0.6 is 22.9 Å². The number of hydrogen-bond acceptors (Lipinski definition) is 9. The predicted octanol–water partition coefficient (Wildman–Crippen LogP) is 4.87. The van der Waals surface area contributed by atoms with Gasteiger partial charge in [-0.25, -0.2) is 13.8 Å². The molecule has 0 saturated carbocycles. The van der Waals surface area contributed by atoms with Crippen molar-refractivity contribution >= 4 is 60.9 Å². The number of carbonyl (C=O) groups excluding carboxylic acids is 1. The van der Waals surface area contributed by atoms with E-state index in [9.17, 15) is 9.18 Å². The Bertz CT molecular complexity index is 1770. The number of nitrogens with two attached hydrogens (primary N) is 1. The lowest BCUT2D eigenvalue weighted by Crippen LogP contribution is -2.63. The van der Waals surface area contributed by atoms with E-state index < -0.39 is 11.6 Å². The minimum Gasteiger partial charge on any atom is -0.462 e. The third-order valence-electron chi connectivity index (χ3n) is 8.72. The number of likely N-dealkylation sites (N-methyl/N-ethyl adjacent to an activating group) is 1. The molecule has 218 valence electrons. The van der Waals surface area contributed by atoms with Crippen LogP contribution in [0, 0.1) is 11.6 Å². The van der Waals surface area contributed by atoms with Gasteiger partial charge in [0.1, 0.15) is 23.8 Å². The third-order valence-corrected chi connectivity index (χ3v) is 9.92. The molecule has 0 spiro atoms. The van der Waals surface area contributed by atoms with E-state index in [1.807, 2.05) is 11.9 Å². The van der Waals surface area contributed by atoms with Crippen molar-refractivity contribution in [1.82, 2.24) is 24.8 Å². The van der Waals surface area contributed by atoms with E-state index in [-0.39, 0.29) is 61.5 Å². The number of nitrogen functional groups attached to an aromatic ring is 1.